The second-order valence-corrected chi connectivity index (χ2v) is 6.43. The smallest absolute Gasteiger partial charge is 0.123 e. The highest BCUT2D eigenvalue weighted by atomic mass is 19.1. The molecule has 140 valence electrons. The van der Waals surface area contributed by atoms with E-state index in [2.05, 4.69) is 9.80 Å². The predicted molar refractivity (Wildman–Crippen MR) is 102 cm³/mol. The van der Waals surface area contributed by atoms with Crippen LogP contribution in [0.2, 0.25) is 0 Å². The SMILES string of the molecule is Fc1ccc(N2CCCN(CCOCCOc3ccccc3)CC2)cc1. The third-order valence-corrected chi connectivity index (χ3v) is 4.57. The van der Waals surface area contributed by atoms with Crippen LogP contribution in [0.5, 0.6) is 5.75 Å². The molecule has 0 unspecified atom stereocenters. The summed E-state index contributed by atoms with van der Waals surface area (Å²) in [6, 6.07) is 16.6. The van der Waals surface area contributed by atoms with E-state index < -0.39 is 0 Å². The monoisotopic (exact) mass is 358 g/mol. The van der Waals surface area contributed by atoms with Crippen molar-refractivity contribution in [2.24, 2.45) is 0 Å². The van der Waals surface area contributed by atoms with Gasteiger partial charge in [-0.1, -0.05) is 18.2 Å². The number of nitrogens with zero attached hydrogens (tertiary/aromatic N) is 2. The van der Waals surface area contributed by atoms with Gasteiger partial charge in [0.15, 0.2) is 0 Å². The number of hydrogen-bond donors (Lipinski definition) is 0. The highest BCUT2D eigenvalue weighted by Crippen LogP contribution is 2.17. The van der Waals surface area contributed by atoms with Crippen molar-refractivity contribution in [3.05, 3.63) is 60.4 Å². The molecule has 1 heterocycles. The van der Waals surface area contributed by atoms with E-state index in [4.69, 9.17) is 9.47 Å². The van der Waals surface area contributed by atoms with Gasteiger partial charge < -0.3 is 14.4 Å². The quantitative estimate of drug-likeness (QED) is 0.675. The topological polar surface area (TPSA) is 24.9 Å². The lowest BCUT2D eigenvalue weighted by atomic mass is 10.2. The number of benzene rings is 2. The Morgan fingerprint density at radius 1 is 0.808 bits per heavy atom. The number of anilines is 1. The first-order valence-electron chi connectivity index (χ1n) is 9.30. The predicted octanol–water partition coefficient (Wildman–Crippen LogP) is 3.43. The van der Waals surface area contributed by atoms with E-state index in [1.54, 1.807) is 0 Å². The van der Waals surface area contributed by atoms with Gasteiger partial charge in [0, 0.05) is 31.9 Å². The minimum absolute atomic E-state index is 0.182. The van der Waals surface area contributed by atoms with Gasteiger partial charge in [0.1, 0.15) is 18.2 Å². The van der Waals surface area contributed by atoms with Crippen LogP contribution in [0.4, 0.5) is 10.1 Å². The first-order chi connectivity index (χ1) is 12.8. The molecular weight excluding hydrogens is 331 g/mol. The van der Waals surface area contributed by atoms with E-state index in [0.717, 1.165) is 50.6 Å². The van der Waals surface area contributed by atoms with E-state index in [-0.39, 0.29) is 5.82 Å². The molecule has 1 fully saturated rings. The Morgan fingerprint density at radius 2 is 1.62 bits per heavy atom. The third kappa shape index (κ3) is 6.00. The molecule has 0 N–H and O–H groups in total. The Hall–Kier alpha value is -2.11. The van der Waals surface area contributed by atoms with E-state index in [1.165, 1.54) is 12.1 Å². The normalized spacial score (nSPS) is 15.7. The highest BCUT2D eigenvalue weighted by Gasteiger charge is 2.15. The van der Waals surface area contributed by atoms with Crippen LogP contribution in [-0.2, 0) is 4.74 Å². The molecule has 3 rings (SSSR count). The van der Waals surface area contributed by atoms with E-state index >= 15 is 0 Å². The molecule has 0 spiro atoms. The van der Waals surface area contributed by atoms with E-state index in [1.807, 2.05) is 42.5 Å². The average Bonchev–Trinajstić information content (AvgIpc) is 2.92. The summed E-state index contributed by atoms with van der Waals surface area (Å²) in [5, 5.41) is 0. The van der Waals surface area contributed by atoms with Crippen LogP contribution in [0.15, 0.2) is 54.6 Å². The fraction of sp³-hybridized carbons (Fsp3) is 0.429. The zero-order chi connectivity index (χ0) is 18.0. The summed E-state index contributed by atoms with van der Waals surface area (Å²) in [7, 11) is 0. The molecular formula is C21H27FN2O2. The summed E-state index contributed by atoms with van der Waals surface area (Å²) in [6.07, 6.45) is 1.11. The minimum Gasteiger partial charge on any atom is -0.491 e. The van der Waals surface area contributed by atoms with Crippen LogP contribution in [-0.4, -0.2) is 57.4 Å². The second kappa shape index (κ2) is 10.1. The van der Waals surface area contributed by atoms with E-state index in [0.29, 0.717) is 19.8 Å². The van der Waals surface area contributed by atoms with Crippen LogP contribution in [0.25, 0.3) is 0 Å². The van der Waals surface area contributed by atoms with Gasteiger partial charge in [-0.25, -0.2) is 4.39 Å². The summed E-state index contributed by atoms with van der Waals surface area (Å²) >= 11 is 0. The molecule has 5 heteroatoms. The summed E-state index contributed by atoms with van der Waals surface area (Å²) in [6.45, 7) is 6.86. The Kier molecular flexibility index (Phi) is 7.28. The molecule has 1 saturated heterocycles. The fourth-order valence-corrected chi connectivity index (χ4v) is 3.14. The number of rotatable bonds is 8. The van der Waals surface area contributed by atoms with E-state index in [9.17, 15) is 4.39 Å². The zero-order valence-corrected chi connectivity index (χ0v) is 15.1. The Bertz CT molecular complexity index is 636. The number of halogens is 1. The molecule has 0 atom stereocenters. The van der Waals surface area contributed by atoms with Crippen molar-refractivity contribution in [1.82, 2.24) is 4.90 Å². The van der Waals surface area contributed by atoms with Gasteiger partial charge in [0.2, 0.25) is 0 Å². The Balaban J connectivity index is 1.30. The van der Waals surface area contributed by atoms with Crippen molar-refractivity contribution < 1.29 is 13.9 Å². The summed E-state index contributed by atoms with van der Waals surface area (Å²) in [4.78, 5) is 4.76. The van der Waals surface area contributed by atoms with Gasteiger partial charge in [0.25, 0.3) is 0 Å². The summed E-state index contributed by atoms with van der Waals surface area (Å²) in [5.74, 6) is 0.697. The molecule has 26 heavy (non-hydrogen) atoms. The lowest BCUT2D eigenvalue weighted by Crippen LogP contribution is -2.33. The molecule has 0 amide bonds. The summed E-state index contributed by atoms with van der Waals surface area (Å²) < 4.78 is 24.4. The molecule has 1 aliphatic heterocycles. The molecule has 0 aromatic heterocycles. The van der Waals surface area contributed by atoms with Gasteiger partial charge >= 0.3 is 0 Å². The fourth-order valence-electron chi connectivity index (χ4n) is 3.14. The molecule has 2 aromatic carbocycles. The zero-order valence-electron chi connectivity index (χ0n) is 15.1. The Labute approximate surface area is 155 Å². The van der Waals surface area contributed by atoms with Gasteiger partial charge in [-0.05, 0) is 49.4 Å². The van der Waals surface area contributed by atoms with Crippen LogP contribution in [0, 0.1) is 5.82 Å². The molecule has 0 bridgehead atoms. The van der Waals surface area contributed by atoms with Crippen LogP contribution < -0.4 is 9.64 Å². The van der Waals surface area contributed by atoms with Crippen molar-refractivity contribution in [2.75, 3.05) is 57.4 Å². The minimum atomic E-state index is -0.182. The molecule has 4 nitrogen and oxygen atoms in total. The molecule has 1 aliphatic rings. The van der Waals surface area contributed by atoms with Gasteiger partial charge in [-0.15, -0.1) is 0 Å². The lowest BCUT2D eigenvalue weighted by Gasteiger charge is -2.23. The third-order valence-electron chi connectivity index (χ3n) is 4.57. The maximum Gasteiger partial charge on any atom is 0.123 e. The van der Waals surface area contributed by atoms with Crippen molar-refractivity contribution in [3.8, 4) is 5.75 Å². The first kappa shape index (κ1) is 18.7. The van der Waals surface area contributed by atoms with Crippen molar-refractivity contribution >= 4 is 5.69 Å². The molecule has 0 radical (unpaired) electrons. The maximum absolute atomic E-state index is 13.1. The standard InChI is InChI=1S/C21H27FN2O2/c22-19-7-9-20(10-8-19)24-12-4-11-23(13-14-24)15-16-25-17-18-26-21-5-2-1-3-6-21/h1-3,5-10H,4,11-18H2. The molecule has 0 aliphatic carbocycles. The number of hydrogen-bond acceptors (Lipinski definition) is 4. The maximum atomic E-state index is 13.1. The van der Waals surface area contributed by atoms with Gasteiger partial charge in [-0.2, -0.15) is 0 Å². The first-order valence-corrected chi connectivity index (χ1v) is 9.30. The average molecular weight is 358 g/mol. The van der Waals surface area contributed by atoms with Gasteiger partial charge in [-0.3, -0.25) is 4.90 Å². The number of para-hydroxylation sites is 1. The van der Waals surface area contributed by atoms with Crippen molar-refractivity contribution in [2.45, 2.75) is 6.42 Å². The van der Waals surface area contributed by atoms with Crippen molar-refractivity contribution in [3.63, 3.8) is 0 Å². The molecule has 2 aromatic rings. The molecule has 0 saturated carbocycles. The van der Waals surface area contributed by atoms with Crippen LogP contribution in [0.3, 0.4) is 0 Å². The van der Waals surface area contributed by atoms with Crippen LogP contribution in [0.1, 0.15) is 6.42 Å². The summed E-state index contributed by atoms with van der Waals surface area (Å²) in [5.41, 5.74) is 1.10. The van der Waals surface area contributed by atoms with Crippen LogP contribution >= 0.6 is 0 Å². The largest absolute Gasteiger partial charge is 0.491 e. The highest BCUT2D eigenvalue weighted by molar-refractivity contribution is 5.46. The Morgan fingerprint density at radius 3 is 2.42 bits per heavy atom. The van der Waals surface area contributed by atoms with Gasteiger partial charge in [0.05, 0.1) is 13.2 Å². The lowest BCUT2D eigenvalue weighted by molar-refractivity contribution is 0.0811. The number of ether oxygens (including phenoxy) is 2. The van der Waals surface area contributed by atoms with Crippen molar-refractivity contribution in [1.29, 1.82) is 0 Å². The second-order valence-electron chi connectivity index (χ2n) is 6.43.